The molecule has 0 aliphatic heterocycles. The van der Waals surface area contributed by atoms with Crippen LogP contribution in [0.5, 0.6) is 0 Å². The molecule has 244 valence electrons. The molecule has 1 aromatic carbocycles. The average Bonchev–Trinajstić information content (AvgIpc) is 3.35. The second kappa shape index (κ2) is 12.1. The zero-order valence-electron chi connectivity index (χ0n) is 28.5. The first kappa shape index (κ1) is 32.2. The van der Waals surface area contributed by atoms with E-state index in [1.807, 2.05) is 51.1 Å². The van der Waals surface area contributed by atoms with E-state index in [0.29, 0.717) is 46.5 Å². The van der Waals surface area contributed by atoms with Crippen LogP contribution in [0.1, 0.15) is 112 Å². The molecule has 6 heteroatoms. The van der Waals surface area contributed by atoms with Crippen molar-refractivity contribution >= 4 is 34.2 Å². The second-order valence-electron chi connectivity index (χ2n) is 16.8. The number of nitrogens with one attached hydrogen (secondary N) is 1. The number of carbonyl (C=O) groups is 3. The zero-order chi connectivity index (χ0) is 32.1. The van der Waals surface area contributed by atoms with E-state index in [4.69, 9.17) is 0 Å². The van der Waals surface area contributed by atoms with Gasteiger partial charge in [0.2, 0.25) is 11.8 Å². The summed E-state index contributed by atoms with van der Waals surface area (Å²) in [5, 5.41) is 4.00. The van der Waals surface area contributed by atoms with Crippen molar-refractivity contribution in [2.24, 2.45) is 46.3 Å². The smallest absolute Gasteiger partial charge is 0.240 e. The minimum atomic E-state index is -0.379. The molecule has 6 nitrogen and oxygen atoms in total. The van der Waals surface area contributed by atoms with E-state index in [9.17, 15) is 14.4 Å². The summed E-state index contributed by atoms with van der Waals surface area (Å²) in [4.78, 5) is 45.8. The summed E-state index contributed by atoms with van der Waals surface area (Å²) in [7, 11) is 0. The standard InChI is InChI=1S/C39H55N3O3/c1-25(30-15-16-31-29-14-13-27-23-28(43)18-20-38(27,5)32(29)19-21-39(30,31)6)12-17-35(45)42(24-34(44)41-37(2,3)4)33-11-7-9-26-10-8-22-40-36(26)33/h7-11,22,25,27,29-32H,12-21,23-24H2,1-6H3,(H,41,44). The van der Waals surface area contributed by atoms with Gasteiger partial charge in [-0.05, 0) is 131 Å². The van der Waals surface area contributed by atoms with Crippen LogP contribution in [-0.4, -0.2) is 34.7 Å². The Morgan fingerprint density at radius 3 is 2.53 bits per heavy atom. The Labute approximate surface area is 270 Å². The molecule has 4 saturated carbocycles. The fourth-order valence-electron chi connectivity index (χ4n) is 10.9. The fourth-order valence-corrected chi connectivity index (χ4v) is 10.9. The predicted molar refractivity (Wildman–Crippen MR) is 181 cm³/mol. The van der Waals surface area contributed by atoms with Crippen LogP contribution in [0.4, 0.5) is 5.69 Å². The lowest BCUT2D eigenvalue weighted by Gasteiger charge is -2.60. The first-order chi connectivity index (χ1) is 21.3. The molecule has 0 saturated heterocycles. The minimum absolute atomic E-state index is 0.00874. The van der Waals surface area contributed by atoms with Gasteiger partial charge in [0, 0.05) is 36.4 Å². The first-order valence-electron chi connectivity index (χ1n) is 17.8. The lowest BCUT2D eigenvalue weighted by atomic mass is 9.44. The van der Waals surface area contributed by atoms with E-state index >= 15 is 0 Å². The SMILES string of the molecule is CC(CCC(=O)N(CC(=O)NC(C)(C)C)c1cccc2cccnc12)C1CCC2C3CCC4CC(=O)CCC4(C)C3CCC12C. The highest BCUT2D eigenvalue weighted by Crippen LogP contribution is 2.68. The molecule has 4 aliphatic rings. The molecule has 0 bridgehead atoms. The van der Waals surface area contributed by atoms with Gasteiger partial charge >= 0.3 is 0 Å². The van der Waals surface area contributed by atoms with Crippen molar-refractivity contribution < 1.29 is 14.4 Å². The van der Waals surface area contributed by atoms with E-state index in [2.05, 4.69) is 31.1 Å². The number of hydrogen-bond donors (Lipinski definition) is 1. The summed E-state index contributed by atoms with van der Waals surface area (Å²) < 4.78 is 0. The summed E-state index contributed by atoms with van der Waals surface area (Å²) in [6.07, 6.45) is 13.4. The van der Waals surface area contributed by atoms with Gasteiger partial charge in [0.1, 0.15) is 12.3 Å². The van der Waals surface area contributed by atoms with Crippen LogP contribution in [0.2, 0.25) is 0 Å². The van der Waals surface area contributed by atoms with Crippen molar-refractivity contribution in [1.82, 2.24) is 10.3 Å². The summed E-state index contributed by atoms with van der Waals surface area (Å²) >= 11 is 0. The van der Waals surface area contributed by atoms with Gasteiger partial charge in [-0.15, -0.1) is 0 Å². The van der Waals surface area contributed by atoms with Gasteiger partial charge in [0.05, 0.1) is 11.2 Å². The van der Waals surface area contributed by atoms with Crippen molar-refractivity contribution in [3.8, 4) is 0 Å². The van der Waals surface area contributed by atoms with Crippen LogP contribution in [0.25, 0.3) is 10.9 Å². The summed E-state index contributed by atoms with van der Waals surface area (Å²) in [5.74, 6) is 4.28. The molecule has 2 amide bonds. The lowest BCUT2D eigenvalue weighted by molar-refractivity contribution is -0.140. The Bertz CT molecular complexity index is 1440. The maximum atomic E-state index is 14.0. The molecule has 1 N–H and O–H groups in total. The van der Waals surface area contributed by atoms with Crippen LogP contribution in [0.3, 0.4) is 0 Å². The van der Waals surface area contributed by atoms with Crippen LogP contribution < -0.4 is 10.2 Å². The van der Waals surface area contributed by atoms with Gasteiger partial charge in [-0.25, -0.2) is 0 Å². The van der Waals surface area contributed by atoms with Gasteiger partial charge in [-0.1, -0.05) is 39.0 Å². The van der Waals surface area contributed by atoms with E-state index in [-0.39, 0.29) is 23.9 Å². The van der Waals surface area contributed by atoms with E-state index in [0.717, 1.165) is 54.3 Å². The van der Waals surface area contributed by atoms with Gasteiger partial charge < -0.3 is 10.2 Å². The van der Waals surface area contributed by atoms with Gasteiger partial charge in [0.15, 0.2) is 0 Å². The Kier molecular flexibility index (Phi) is 8.67. The first-order valence-corrected chi connectivity index (χ1v) is 17.8. The van der Waals surface area contributed by atoms with Gasteiger partial charge in [-0.3, -0.25) is 19.4 Å². The van der Waals surface area contributed by atoms with Crippen molar-refractivity contribution in [3.05, 3.63) is 36.5 Å². The highest BCUT2D eigenvalue weighted by Gasteiger charge is 2.60. The number of anilines is 1. The largest absolute Gasteiger partial charge is 0.350 e. The quantitative estimate of drug-likeness (QED) is 0.342. The Morgan fingerprint density at radius 2 is 1.76 bits per heavy atom. The molecule has 1 heterocycles. The molecular formula is C39H55N3O3. The minimum Gasteiger partial charge on any atom is -0.350 e. The highest BCUT2D eigenvalue weighted by atomic mass is 16.2. The second-order valence-corrected chi connectivity index (χ2v) is 16.8. The Morgan fingerprint density at radius 1 is 1.00 bits per heavy atom. The normalized spacial score (nSPS) is 33.6. The third-order valence-corrected chi connectivity index (χ3v) is 13.1. The van der Waals surface area contributed by atoms with E-state index in [1.54, 1.807) is 11.1 Å². The number of Topliss-reactive ketones (excluding diaryl/α,β-unsaturated/α-hetero) is 1. The number of nitrogens with zero attached hydrogens (tertiary/aromatic N) is 2. The van der Waals surface area contributed by atoms with Crippen LogP contribution in [0.15, 0.2) is 36.5 Å². The number of rotatable bonds is 7. The monoisotopic (exact) mass is 613 g/mol. The maximum absolute atomic E-state index is 14.0. The van der Waals surface area contributed by atoms with Crippen molar-refractivity contribution in [2.45, 2.75) is 118 Å². The van der Waals surface area contributed by atoms with Crippen LogP contribution >= 0.6 is 0 Å². The molecule has 2 aromatic rings. The summed E-state index contributed by atoms with van der Waals surface area (Å²) in [5.41, 5.74) is 1.74. The van der Waals surface area contributed by atoms with Gasteiger partial charge in [0.25, 0.3) is 0 Å². The summed E-state index contributed by atoms with van der Waals surface area (Å²) in [6, 6.07) is 9.76. The summed E-state index contributed by atoms with van der Waals surface area (Å²) in [6.45, 7) is 13.4. The molecule has 8 unspecified atom stereocenters. The topological polar surface area (TPSA) is 79.4 Å². The van der Waals surface area contributed by atoms with Crippen molar-refractivity contribution in [1.29, 1.82) is 0 Å². The number of amides is 2. The molecule has 4 fully saturated rings. The van der Waals surface area contributed by atoms with Crippen LogP contribution in [-0.2, 0) is 14.4 Å². The number of ketones is 1. The number of para-hydroxylation sites is 1. The number of pyridine rings is 1. The molecule has 0 spiro atoms. The van der Waals surface area contributed by atoms with Crippen molar-refractivity contribution in [3.63, 3.8) is 0 Å². The maximum Gasteiger partial charge on any atom is 0.240 e. The molecular weight excluding hydrogens is 558 g/mol. The van der Waals surface area contributed by atoms with E-state index in [1.165, 1.54) is 38.5 Å². The number of hydrogen-bond acceptors (Lipinski definition) is 4. The van der Waals surface area contributed by atoms with Gasteiger partial charge in [-0.2, -0.15) is 0 Å². The average molecular weight is 614 g/mol. The fraction of sp³-hybridized carbons (Fsp3) is 0.692. The Balaban J connectivity index is 1.16. The predicted octanol–water partition coefficient (Wildman–Crippen LogP) is 8.13. The molecule has 45 heavy (non-hydrogen) atoms. The highest BCUT2D eigenvalue weighted by molar-refractivity contribution is 6.05. The number of benzene rings is 1. The van der Waals surface area contributed by atoms with Crippen LogP contribution in [0, 0.1) is 46.3 Å². The van der Waals surface area contributed by atoms with Crippen molar-refractivity contribution in [2.75, 3.05) is 11.4 Å². The Hall–Kier alpha value is -2.76. The third-order valence-electron chi connectivity index (χ3n) is 13.1. The number of carbonyl (C=O) groups excluding carboxylic acids is 3. The van der Waals surface area contributed by atoms with E-state index < -0.39 is 0 Å². The molecule has 1 aromatic heterocycles. The number of fused-ring (bicyclic) bond motifs is 6. The molecule has 4 aliphatic carbocycles. The number of aromatic nitrogens is 1. The molecule has 0 radical (unpaired) electrons. The molecule has 8 atom stereocenters. The lowest BCUT2D eigenvalue weighted by Crippen LogP contribution is -2.53. The third kappa shape index (κ3) is 6.07. The zero-order valence-corrected chi connectivity index (χ0v) is 28.5. The molecule has 6 rings (SSSR count).